The maximum Gasteiger partial charge on any atom is 0.249 e. The average Bonchev–Trinajstić information content (AvgIpc) is 2.12. The molecular formula is C12H15Cl3O. The molecule has 90 valence electrons. The highest BCUT2D eigenvalue weighted by molar-refractivity contribution is 6.76. The number of rotatable bonds is 1. The van der Waals surface area contributed by atoms with Gasteiger partial charge < -0.3 is 0 Å². The Hall–Kier alpha value is 0.540. The third kappa shape index (κ3) is 1.71. The smallest absolute Gasteiger partial charge is 0.249 e. The van der Waals surface area contributed by atoms with Crippen molar-refractivity contribution in [3.05, 3.63) is 0 Å². The molecule has 0 radical (unpaired) electrons. The molecule has 16 heavy (non-hydrogen) atoms. The molecule has 4 rings (SSSR count). The molecule has 4 aliphatic rings. The Labute approximate surface area is 111 Å². The van der Waals surface area contributed by atoms with Gasteiger partial charge in [0.15, 0.2) is 5.78 Å². The Balaban J connectivity index is 1.91. The average molecular weight is 282 g/mol. The van der Waals surface area contributed by atoms with Crippen molar-refractivity contribution >= 4 is 40.6 Å². The van der Waals surface area contributed by atoms with Crippen LogP contribution in [-0.2, 0) is 4.79 Å². The topological polar surface area (TPSA) is 17.1 Å². The van der Waals surface area contributed by atoms with E-state index < -0.39 is 3.79 Å². The summed E-state index contributed by atoms with van der Waals surface area (Å²) in [6.45, 7) is 0. The third-order valence-corrected chi connectivity index (χ3v) is 5.29. The molecule has 0 aliphatic heterocycles. The summed E-state index contributed by atoms with van der Waals surface area (Å²) in [5.74, 6) is 2.00. The first kappa shape index (κ1) is 11.6. The van der Waals surface area contributed by atoms with Gasteiger partial charge in [-0.15, -0.1) is 0 Å². The largest absolute Gasteiger partial charge is 0.294 e. The van der Waals surface area contributed by atoms with E-state index in [1.165, 1.54) is 19.3 Å². The molecule has 4 saturated carbocycles. The van der Waals surface area contributed by atoms with Gasteiger partial charge in [0.25, 0.3) is 0 Å². The van der Waals surface area contributed by atoms with Crippen LogP contribution in [0.15, 0.2) is 0 Å². The molecule has 4 aliphatic carbocycles. The molecule has 0 amide bonds. The van der Waals surface area contributed by atoms with Gasteiger partial charge >= 0.3 is 0 Å². The number of halogens is 3. The molecule has 0 unspecified atom stereocenters. The Morgan fingerprint density at radius 3 is 1.62 bits per heavy atom. The van der Waals surface area contributed by atoms with Crippen LogP contribution in [0.1, 0.15) is 38.5 Å². The zero-order chi connectivity index (χ0) is 11.6. The van der Waals surface area contributed by atoms with E-state index in [1.54, 1.807) is 0 Å². The van der Waals surface area contributed by atoms with Crippen LogP contribution in [0.3, 0.4) is 0 Å². The predicted molar refractivity (Wildman–Crippen MR) is 65.9 cm³/mol. The number of carbonyl (C=O) groups is 1. The van der Waals surface area contributed by atoms with Crippen molar-refractivity contribution < 1.29 is 4.79 Å². The summed E-state index contributed by atoms with van der Waals surface area (Å²) in [7, 11) is 0. The summed E-state index contributed by atoms with van der Waals surface area (Å²) < 4.78 is -1.72. The molecule has 4 heteroatoms. The monoisotopic (exact) mass is 280 g/mol. The number of Topliss-reactive ketones (excluding diaryl/α,β-unsaturated/α-hetero) is 1. The van der Waals surface area contributed by atoms with E-state index in [1.807, 2.05) is 0 Å². The summed E-state index contributed by atoms with van der Waals surface area (Å²) in [5.41, 5.74) is -0.292. The zero-order valence-corrected chi connectivity index (χ0v) is 11.3. The van der Waals surface area contributed by atoms with E-state index in [-0.39, 0.29) is 11.2 Å². The van der Waals surface area contributed by atoms with Gasteiger partial charge in [0.2, 0.25) is 3.79 Å². The Morgan fingerprint density at radius 2 is 1.31 bits per heavy atom. The van der Waals surface area contributed by atoms with Gasteiger partial charge in [0.05, 0.1) is 0 Å². The van der Waals surface area contributed by atoms with Gasteiger partial charge in [-0.1, -0.05) is 34.8 Å². The molecule has 0 spiro atoms. The van der Waals surface area contributed by atoms with Crippen LogP contribution in [0.5, 0.6) is 0 Å². The summed E-state index contributed by atoms with van der Waals surface area (Å²) in [6, 6.07) is 0. The van der Waals surface area contributed by atoms with Crippen molar-refractivity contribution in [2.24, 2.45) is 23.2 Å². The molecule has 0 atom stereocenters. The Kier molecular flexibility index (Phi) is 2.56. The van der Waals surface area contributed by atoms with Crippen LogP contribution in [0.2, 0.25) is 0 Å². The molecule has 4 fully saturated rings. The minimum absolute atomic E-state index is 0.135. The lowest BCUT2D eigenvalue weighted by Crippen LogP contribution is -2.52. The minimum Gasteiger partial charge on any atom is -0.294 e. The fourth-order valence-electron chi connectivity index (χ4n) is 4.69. The zero-order valence-electron chi connectivity index (χ0n) is 9.02. The molecule has 0 aromatic heterocycles. The van der Waals surface area contributed by atoms with Crippen molar-refractivity contribution in [2.75, 3.05) is 0 Å². The number of hydrogen-bond acceptors (Lipinski definition) is 1. The van der Waals surface area contributed by atoms with Crippen LogP contribution in [-0.4, -0.2) is 9.58 Å². The first-order valence-electron chi connectivity index (χ1n) is 6.01. The molecule has 0 aromatic carbocycles. The maximum atomic E-state index is 12.3. The second-order valence-corrected chi connectivity index (χ2v) is 8.31. The molecule has 0 N–H and O–H groups in total. The number of alkyl halides is 3. The SMILES string of the molecule is O=C(C(Cl)(Cl)Cl)C12CC3CC(CC(C3)C1)C2. The standard InChI is InChI=1S/C12H15Cl3O/c13-12(14,15)10(16)11-4-7-1-8(5-11)3-9(2-7)6-11/h7-9H,1-6H2. The van der Waals surface area contributed by atoms with Crippen LogP contribution < -0.4 is 0 Å². The van der Waals surface area contributed by atoms with E-state index in [0.717, 1.165) is 19.3 Å². The third-order valence-electron chi connectivity index (χ3n) is 4.78. The second kappa shape index (κ2) is 3.52. The normalized spacial score (nSPS) is 46.1. The highest BCUT2D eigenvalue weighted by atomic mass is 35.6. The lowest BCUT2D eigenvalue weighted by molar-refractivity contribution is -0.142. The molecule has 0 aromatic rings. The van der Waals surface area contributed by atoms with E-state index in [0.29, 0.717) is 17.8 Å². The van der Waals surface area contributed by atoms with E-state index >= 15 is 0 Å². The summed E-state index contributed by atoms with van der Waals surface area (Å²) in [5, 5.41) is 0. The molecule has 0 saturated heterocycles. The van der Waals surface area contributed by atoms with Gasteiger partial charge in [0.1, 0.15) is 0 Å². The van der Waals surface area contributed by atoms with Crippen LogP contribution >= 0.6 is 34.8 Å². The number of ketones is 1. The van der Waals surface area contributed by atoms with Crippen LogP contribution in [0.4, 0.5) is 0 Å². The Morgan fingerprint density at radius 1 is 0.938 bits per heavy atom. The van der Waals surface area contributed by atoms with Gasteiger partial charge in [-0.05, 0) is 56.3 Å². The summed E-state index contributed by atoms with van der Waals surface area (Å²) >= 11 is 17.4. The fourth-order valence-corrected chi connectivity index (χ4v) is 5.29. The quantitative estimate of drug-likeness (QED) is 0.660. The maximum absolute atomic E-state index is 12.3. The molecule has 4 bridgehead atoms. The lowest BCUT2D eigenvalue weighted by atomic mass is 9.48. The predicted octanol–water partition coefficient (Wildman–Crippen LogP) is 4.14. The van der Waals surface area contributed by atoms with E-state index in [4.69, 9.17) is 34.8 Å². The van der Waals surface area contributed by atoms with E-state index in [2.05, 4.69) is 0 Å². The Bertz CT molecular complexity index is 296. The van der Waals surface area contributed by atoms with Gasteiger partial charge in [-0.25, -0.2) is 0 Å². The molecular weight excluding hydrogens is 266 g/mol. The first-order valence-corrected chi connectivity index (χ1v) is 7.14. The van der Waals surface area contributed by atoms with E-state index in [9.17, 15) is 4.79 Å². The van der Waals surface area contributed by atoms with Crippen molar-refractivity contribution in [1.29, 1.82) is 0 Å². The fraction of sp³-hybridized carbons (Fsp3) is 0.917. The van der Waals surface area contributed by atoms with Crippen LogP contribution in [0.25, 0.3) is 0 Å². The van der Waals surface area contributed by atoms with Gasteiger partial charge in [-0.2, -0.15) is 0 Å². The lowest BCUT2D eigenvalue weighted by Gasteiger charge is -2.56. The van der Waals surface area contributed by atoms with Crippen molar-refractivity contribution in [3.63, 3.8) is 0 Å². The highest BCUT2D eigenvalue weighted by Crippen LogP contribution is 2.62. The van der Waals surface area contributed by atoms with Gasteiger partial charge in [-0.3, -0.25) is 4.79 Å². The van der Waals surface area contributed by atoms with Gasteiger partial charge in [0, 0.05) is 5.41 Å². The minimum atomic E-state index is -1.72. The highest BCUT2D eigenvalue weighted by Gasteiger charge is 2.58. The van der Waals surface area contributed by atoms with Crippen molar-refractivity contribution in [2.45, 2.75) is 42.3 Å². The van der Waals surface area contributed by atoms with Crippen molar-refractivity contribution in [1.82, 2.24) is 0 Å². The summed E-state index contributed by atoms with van der Waals surface area (Å²) in [4.78, 5) is 12.3. The number of carbonyl (C=O) groups excluding carboxylic acids is 1. The second-order valence-electron chi connectivity index (χ2n) is 6.02. The molecule has 0 heterocycles. The van der Waals surface area contributed by atoms with Crippen LogP contribution in [0, 0.1) is 23.2 Å². The molecule has 1 nitrogen and oxygen atoms in total. The first-order chi connectivity index (χ1) is 7.39. The van der Waals surface area contributed by atoms with Crippen molar-refractivity contribution in [3.8, 4) is 0 Å². The summed E-state index contributed by atoms with van der Waals surface area (Å²) in [6.07, 6.45) is 6.79. The number of hydrogen-bond donors (Lipinski definition) is 0.